The molecular formula is C16H30O4. The molecule has 0 radical (unpaired) electrons. The van der Waals surface area contributed by atoms with Crippen LogP contribution in [0.25, 0.3) is 0 Å². The van der Waals surface area contributed by atoms with Crippen LogP contribution in [0.4, 0.5) is 0 Å². The van der Waals surface area contributed by atoms with E-state index in [2.05, 4.69) is 41.5 Å². The maximum atomic E-state index is 12.2. The van der Waals surface area contributed by atoms with Gasteiger partial charge < -0.3 is 4.74 Å². The zero-order valence-electron chi connectivity index (χ0n) is 14.0. The topological polar surface area (TPSA) is 51.4 Å². The van der Waals surface area contributed by atoms with Gasteiger partial charge in [-0.3, -0.25) is 0 Å². The highest BCUT2D eigenvalue weighted by Gasteiger charge is 2.67. The van der Waals surface area contributed by atoms with Gasteiger partial charge in [0.1, 0.15) is 0 Å². The van der Waals surface area contributed by atoms with E-state index in [9.17, 15) is 4.79 Å². The van der Waals surface area contributed by atoms with Gasteiger partial charge in [0.2, 0.25) is 0 Å². The van der Waals surface area contributed by atoms with Crippen molar-refractivity contribution in [1.82, 2.24) is 0 Å². The lowest BCUT2D eigenvalue weighted by atomic mass is 9.65. The van der Waals surface area contributed by atoms with Crippen molar-refractivity contribution >= 4 is 5.97 Å². The number of hydrogen-bond donors (Lipinski definition) is 0. The first-order chi connectivity index (χ1) is 9.09. The van der Waals surface area contributed by atoms with Gasteiger partial charge in [-0.1, -0.05) is 48.0 Å². The van der Waals surface area contributed by atoms with Crippen LogP contribution in [0, 0.1) is 16.7 Å². The Hall–Kier alpha value is -0.610. The van der Waals surface area contributed by atoms with E-state index in [0.717, 1.165) is 19.3 Å². The first-order valence-corrected chi connectivity index (χ1v) is 7.63. The highest BCUT2D eigenvalue weighted by molar-refractivity contribution is 5.79. The van der Waals surface area contributed by atoms with E-state index < -0.39 is 5.79 Å². The van der Waals surface area contributed by atoms with Crippen LogP contribution in [0.15, 0.2) is 0 Å². The molecule has 0 aromatic carbocycles. The largest absolute Gasteiger partial charge is 0.462 e. The monoisotopic (exact) mass is 286 g/mol. The molecule has 1 saturated heterocycles. The number of esters is 1. The molecule has 0 bridgehead atoms. The maximum absolute atomic E-state index is 12.2. The molecule has 1 atom stereocenters. The number of carbonyl (C=O) groups excluding carboxylic acids is 1. The fourth-order valence-electron chi connectivity index (χ4n) is 3.48. The molecule has 1 unspecified atom stereocenters. The average molecular weight is 286 g/mol. The molecule has 1 rings (SSSR count). The van der Waals surface area contributed by atoms with Crippen LogP contribution < -0.4 is 0 Å². The van der Waals surface area contributed by atoms with Crippen LogP contribution in [-0.2, 0) is 19.3 Å². The Morgan fingerprint density at radius 3 is 2.05 bits per heavy atom. The SMILES string of the molecule is CCCC(C(C)(C)CC(C)(C)C)C1(C(=O)OCC)OO1. The fraction of sp³-hybridized carbons (Fsp3) is 0.938. The molecule has 0 aromatic rings. The summed E-state index contributed by atoms with van der Waals surface area (Å²) >= 11 is 0. The summed E-state index contributed by atoms with van der Waals surface area (Å²) < 4.78 is 5.13. The van der Waals surface area contributed by atoms with E-state index in [0.29, 0.717) is 6.61 Å². The molecule has 1 aliphatic heterocycles. The molecule has 1 heterocycles. The molecule has 1 aliphatic rings. The lowest BCUT2D eigenvalue weighted by molar-refractivity contribution is -0.156. The van der Waals surface area contributed by atoms with Crippen molar-refractivity contribution in [2.75, 3.05) is 6.61 Å². The third kappa shape index (κ3) is 3.95. The minimum Gasteiger partial charge on any atom is -0.462 e. The van der Waals surface area contributed by atoms with Gasteiger partial charge in [0.05, 0.1) is 6.61 Å². The highest BCUT2D eigenvalue weighted by atomic mass is 17.4. The summed E-state index contributed by atoms with van der Waals surface area (Å²) in [4.78, 5) is 22.5. The smallest absolute Gasteiger partial charge is 0.373 e. The lowest BCUT2D eigenvalue weighted by Gasteiger charge is -2.39. The molecule has 0 N–H and O–H groups in total. The quantitative estimate of drug-likeness (QED) is 0.402. The molecule has 0 aromatic heterocycles. The number of rotatable bonds is 7. The normalized spacial score (nSPS) is 19.6. The van der Waals surface area contributed by atoms with Crippen molar-refractivity contribution < 1.29 is 19.3 Å². The van der Waals surface area contributed by atoms with Crippen molar-refractivity contribution in [2.45, 2.75) is 73.5 Å². The molecule has 0 aliphatic carbocycles. The van der Waals surface area contributed by atoms with Crippen molar-refractivity contribution in [1.29, 1.82) is 0 Å². The van der Waals surface area contributed by atoms with Gasteiger partial charge in [-0.2, -0.15) is 9.78 Å². The maximum Gasteiger partial charge on any atom is 0.373 e. The minimum absolute atomic E-state index is 0.00160. The van der Waals surface area contributed by atoms with Gasteiger partial charge in [-0.25, -0.2) is 4.79 Å². The molecule has 0 spiro atoms. The predicted octanol–water partition coefficient (Wildman–Crippen LogP) is 4.09. The van der Waals surface area contributed by atoms with Gasteiger partial charge in [0.15, 0.2) is 0 Å². The summed E-state index contributed by atoms with van der Waals surface area (Å²) in [6, 6.07) is 0. The Morgan fingerprint density at radius 2 is 1.70 bits per heavy atom. The Morgan fingerprint density at radius 1 is 1.15 bits per heavy atom. The Labute approximate surface area is 123 Å². The van der Waals surface area contributed by atoms with E-state index in [1.54, 1.807) is 6.92 Å². The molecule has 20 heavy (non-hydrogen) atoms. The molecule has 1 fully saturated rings. The molecule has 0 amide bonds. The van der Waals surface area contributed by atoms with Gasteiger partial charge in [0.25, 0.3) is 0 Å². The summed E-state index contributed by atoms with van der Waals surface area (Å²) in [5.74, 6) is -1.57. The van der Waals surface area contributed by atoms with Crippen molar-refractivity contribution in [3.8, 4) is 0 Å². The van der Waals surface area contributed by atoms with Crippen molar-refractivity contribution in [3.63, 3.8) is 0 Å². The van der Waals surface area contributed by atoms with Crippen LogP contribution in [0.3, 0.4) is 0 Å². The van der Waals surface area contributed by atoms with Gasteiger partial charge in [-0.05, 0) is 30.6 Å². The number of ether oxygens (including phenoxy) is 1. The molecule has 118 valence electrons. The second-order valence-corrected chi connectivity index (χ2v) is 7.62. The second kappa shape index (κ2) is 6.02. The first-order valence-electron chi connectivity index (χ1n) is 7.63. The summed E-state index contributed by atoms with van der Waals surface area (Å²) in [6.45, 7) is 15.3. The standard InChI is InChI=1S/C16H30O4/c1-8-10-12(15(6,7)11-14(3,4)5)16(19-20-16)13(17)18-9-2/h12H,8-11H2,1-7H3. The molecule has 4 heteroatoms. The van der Waals surface area contributed by atoms with Crippen molar-refractivity contribution in [3.05, 3.63) is 0 Å². The molecular weight excluding hydrogens is 256 g/mol. The fourth-order valence-corrected chi connectivity index (χ4v) is 3.48. The summed E-state index contributed by atoms with van der Waals surface area (Å²) in [5, 5.41) is 0. The van der Waals surface area contributed by atoms with Gasteiger partial charge in [-0.15, -0.1) is 0 Å². The third-order valence-corrected chi connectivity index (χ3v) is 3.79. The van der Waals surface area contributed by atoms with E-state index >= 15 is 0 Å². The molecule has 0 saturated carbocycles. The summed E-state index contributed by atoms with van der Waals surface area (Å²) in [5.41, 5.74) is 0.109. The Balaban J connectivity index is 2.96. The summed E-state index contributed by atoms with van der Waals surface area (Å²) in [7, 11) is 0. The zero-order valence-corrected chi connectivity index (χ0v) is 14.0. The van der Waals surface area contributed by atoms with Crippen LogP contribution in [0.5, 0.6) is 0 Å². The highest BCUT2D eigenvalue weighted by Crippen LogP contribution is 2.53. The van der Waals surface area contributed by atoms with Crippen LogP contribution in [0.2, 0.25) is 0 Å². The number of carbonyl (C=O) groups is 1. The predicted molar refractivity (Wildman–Crippen MR) is 77.8 cm³/mol. The third-order valence-electron chi connectivity index (χ3n) is 3.79. The van der Waals surface area contributed by atoms with Crippen LogP contribution in [0.1, 0.15) is 67.7 Å². The Kier molecular flexibility index (Phi) is 5.25. The molecule has 4 nitrogen and oxygen atoms in total. The van der Waals surface area contributed by atoms with Gasteiger partial charge in [0, 0.05) is 5.92 Å². The summed E-state index contributed by atoms with van der Waals surface area (Å²) in [6.07, 6.45) is 2.84. The van der Waals surface area contributed by atoms with Crippen molar-refractivity contribution in [2.24, 2.45) is 16.7 Å². The van der Waals surface area contributed by atoms with Gasteiger partial charge >= 0.3 is 11.8 Å². The van der Waals surface area contributed by atoms with E-state index in [-0.39, 0.29) is 22.7 Å². The zero-order chi connectivity index (χ0) is 15.6. The van der Waals surface area contributed by atoms with E-state index in [4.69, 9.17) is 14.5 Å². The average Bonchev–Trinajstić information content (AvgIpc) is 3.03. The van der Waals surface area contributed by atoms with E-state index in [1.807, 2.05) is 0 Å². The Bertz CT molecular complexity index is 337. The first kappa shape index (κ1) is 17.4. The number of hydrogen-bond acceptors (Lipinski definition) is 4. The van der Waals surface area contributed by atoms with E-state index in [1.165, 1.54) is 0 Å². The lowest BCUT2D eigenvalue weighted by Crippen LogP contribution is -2.44. The van der Waals surface area contributed by atoms with Crippen LogP contribution in [-0.4, -0.2) is 18.4 Å². The minimum atomic E-state index is -1.18. The van der Waals surface area contributed by atoms with Crippen LogP contribution >= 0.6 is 0 Å². The second-order valence-electron chi connectivity index (χ2n) is 7.62.